The summed E-state index contributed by atoms with van der Waals surface area (Å²) in [5.74, 6) is -1.15. The molecule has 0 aliphatic carbocycles. The lowest BCUT2D eigenvalue weighted by atomic mass is 10.1. The molecular formula is C20H21F2NO7. The lowest BCUT2D eigenvalue weighted by Crippen LogP contribution is -2.16. The molecule has 2 aromatic rings. The second kappa shape index (κ2) is 10.3. The van der Waals surface area contributed by atoms with Crippen LogP contribution >= 0.6 is 0 Å². The van der Waals surface area contributed by atoms with Gasteiger partial charge in [-0.25, -0.2) is 4.79 Å². The number of hydrogen-bond donors (Lipinski definition) is 1. The van der Waals surface area contributed by atoms with Gasteiger partial charge in [0.2, 0.25) is 0 Å². The van der Waals surface area contributed by atoms with E-state index in [9.17, 15) is 18.4 Å². The summed E-state index contributed by atoms with van der Waals surface area (Å²) < 4.78 is 50.2. The van der Waals surface area contributed by atoms with Crippen molar-refractivity contribution in [3.8, 4) is 23.0 Å². The standard InChI is InChI=1S/C20H21F2NO7/c1-5-29-14-7-6-11(8-15(14)26-2)18(24)23-13-10-17(30-20(21)22)16(27-3)9-12(13)19(25)28-4/h6-10,20H,5H2,1-4H3,(H,23,24). The normalized spacial score (nSPS) is 10.4. The maximum Gasteiger partial charge on any atom is 0.387 e. The van der Waals surface area contributed by atoms with Gasteiger partial charge in [0.25, 0.3) is 5.91 Å². The van der Waals surface area contributed by atoms with Crippen LogP contribution in [0, 0.1) is 0 Å². The minimum absolute atomic E-state index is 0.101. The van der Waals surface area contributed by atoms with Crippen molar-refractivity contribution in [2.75, 3.05) is 33.3 Å². The molecule has 10 heteroatoms. The number of nitrogens with one attached hydrogen (secondary N) is 1. The maximum absolute atomic E-state index is 12.7. The average molecular weight is 425 g/mol. The first kappa shape index (κ1) is 22.7. The Morgan fingerprint density at radius 3 is 2.20 bits per heavy atom. The first-order chi connectivity index (χ1) is 14.3. The summed E-state index contributed by atoms with van der Waals surface area (Å²) in [6, 6.07) is 6.68. The van der Waals surface area contributed by atoms with Gasteiger partial charge in [-0.3, -0.25) is 4.79 Å². The van der Waals surface area contributed by atoms with E-state index in [1.165, 1.54) is 26.4 Å². The predicted octanol–water partition coefficient (Wildman–Crippen LogP) is 3.74. The number of halogens is 2. The Labute approximate surface area is 171 Å². The van der Waals surface area contributed by atoms with Gasteiger partial charge in [-0.2, -0.15) is 8.78 Å². The number of methoxy groups -OCH3 is 3. The first-order valence-corrected chi connectivity index (χ1v) is 8.71. The van der Waals surface area contributed by atoms with E-state index < -0.39 is 18.5 Å². The summed E-state index contributed by atoms with van der Waals surface area (Å²) in [6.07, 6.45) is 0. The van der Waals surface area contributed by atoms with E-state index in [1.807, 2.05) is 0 Å². The number of ether oxygens (including phenoxy) is 5. The summed E-state index contributed by atoms with van der Waals surface area (Å²) in [5, 5.41) is 2.49. The predicted molar refractivity (Wildman–Crippen MR) is 103 cm³/mol. The fraction of sp³-hybridized carbons (Fsp3) is 0.300. The molecule has 0 aromatic heterocycles. The molecule has 0 aliphatic rings. The molecule has 0 aliphatic heterocycles. The molecule has 0 bridgehead atoms. The Morgan fingerprint density at radius 1 is 0.967 bits per heavy atom. The van der Waals surface area contributed by atoms with E-state index in [0.29, 0.717) is 18.1 Å². The average Bonchev–Trinajstić information content (AvgIpc) is 2.73. The van der Waals surface area contributed by atoms with Gasteiger partial charge in [0, 0.05) is 17.7 Å². The Morgan fingerprint density at radius 2 is 1.63 bits per heavy atom. The number of anilines is 1. The Balaban J connectivity index is 2.44. The Hall–Kier alpha value is -3.56. The van der Waals surface area contributed by atoms with Gasteiger partial charge in [0.05, 0.1) is 39.2 Å². The summed E-state index contributed by atoms with van der Waals surface area (Å²) in [7, 11) is 3.78. The van der Waals surface area contributed by atoms with Gasteiger partial charge in [-0.15, -0.1) is 0 Å². The highest BCUT2D eigenvalue weighted by molar-refractivity contribution is 6.08. The third-order valence-corrected chi connectivity index (χ3v) is 3.90. The van der Waals surface area contributed by atoms with Crippen LogP contribution in [0.1, 0.15) is 27.6 Å². The summed E-state index contributed by atoms with van der Waals surface area (Å²) in [5.41, 5.74) is -0.0309. The number of carbonyl (C=O) groups is 2. The minimum atomic E-state index is -3.14. The fourth-order valence-electron chi connectivity index (χ4n) is 2.57. The lowest BCUT2D eigenvalue weighted by molar-refractivity contribution is -0.0511. The third-order valence-electron chi connectivity index (χ3n) is 3.90. The lowest BCUT2D eigenvalue weighted by Gasteiger charge is -2.16. The molecule has 1 N–H and O–H groups in total. The van der Waals surface area contributed by atoms with Gasteiger partial charge in [0.1, 0.15) is 0 Å². The van der Waals surface area contributed by atoms with E-state index in [4.69, 9.17) is 18.9 Å². The number of alkyl halides is 2. The number of hydrogen-bond acceptors (Lipinski definition) is 7. The van der Waals surface area contributed by atoms with Crippen LogP contribution < -0.4 is 24.3 Å². The van der Waals surface area contributed by atoms with Crippen LogP contribution in [-0.4, -0.2) is 46.4 Å². The van der Waals surface area contributed by atoms with Crippen LogP contribution in [0.4, 0.5) is 14.5 Å². The van der Waals surface area contributed by atoms with Gasteiger partial charge < -0.3 is 29.0 Å². The minimum Gasteiger partial charge on any atom is -0.493 e. The third kappa shape index (κ3) is 5.28. The monoisotopic (exact) mass is 425 g/mol. The Bertz CT molecular complexity index is 918. The second-order valence-corrected chi connectivity index (χ2v) is 5.67. The zero-order chi connectivity index (χ0) is 22.3. The topological polar surface area (TPSA) is 92.3 Å². The summed E-state index contributed by atoms with van der Waals surface area (Å²) in [6.45, 7) is -0.929. The molecule has 0 saturated heterocycles. The number of esters is 1. The van der Waals surface area contributed by atoms with Crippen LogP contribution in [0.2, 0.25) is 0 Å². The van der Waals surface area contributed by atoms with Crippen LogP contribution in [0.15, 0.2) is 30.3 Å². The van der Waals surface area contributed by atoms with Gasteiger partial charge in [0.15, 0.2) is 23.0 Å². The molecule has 0 saturated carbocycles. The maximum atomic E-state index is 12.7. The molecule has 0 fully saturated rings. The van der Waals surface area contributed by atoms with Crippen LogP contribution in [0.5, 0.6) is 23.0 Å². The van der Waals surface area contributed by atoms with Crippen LogP contribution in [0.25, 0.3) is 0 Å². The van der Waals surface area contributed by atoms with Crippen molar-refractivity contribution in [2.45, 2.75) is 13.5 Å². The van der Waals surface area contributed by atoms with E-state index in [1.54, 1.807) is 13.0 Å². The first-order valence-electron chi connectivity index (χ1n) is 8.71. The zero-order valence-electron chi connectivity index (χ0n) is 16.8. The zero-order valence-corrected chi connectivity index (χ0v) is 16.8. The summed E-state index contributed by atoms with van der Waals surface area (Å²) in [4.78, 5) is 24.8. The largest absolute Gasteiger partial charge is 0.493 e. The highest BCUT2D eigenvalue weighted by Crippen LogP contribution is 2.35. The second-order valence-electron chi connectivity index (χ2n) is 5.67. The molecule has 1 amide bonds. The molecule has 0 atom stereocenters. The van der Waals surface area contributed by atoms with E-state index in [-0.39, 0.29) is 28.3 Å². The van der Waals surface area contributed by atoms with Crippen LogP contribution in [-0.2, 0) is 4.74 Å². The van der Waals surface area contributed by atoms with Crippen molar-refractivity contribution in [2.24, 2.45) is 0 Å². The molecule has 0 radical (unpaired) electrons. The number of benzene rings is 2. The van der Waals surface area contributed by atoms with Gasteiger partial charge >= 0.3 is 12.6 Å². The van der Waals surface area contributed by atoms with E-state index in [2.05, 4.69) is 10.1 Å². The smallest absolute Gasteiger partial charge is 0.387 e. The van der Waals surface area contributed by atoms with Gasteiger partial charge in [-0.05, 0) is 25.1 Å². The Kier molecular flexibility index (Phi) is 7.79. The van der Waals surface area contributed by atoms with Crippen LogP contribution in [0.3, 0.4) is 0 Å². The van der Waals surface area contributed by atoms with Crippen molar-refractivity contribution in [3.63, 3.8) is 0 Å². The summed E-state index contributed by atoms with van der Waals surface area (Å²) >= 11 is 0. The van der Waals surface area contributed by atoms with Crippen molar-refractivity contribution < 1.29 is 42.1 Å². The number of rotatable bonds is 9. The molecule has 0 heterocycles. The molecule has 0 spiro atoms. The van der Waals surface area contributed by atoms with Crippen molar-refractivity contribution in [3.05, 3.63) is 41.5 Å². The molecule has 0 unspecified atom stereocenters. The number of carbonyl (C=O) groups excluding carboxylic acids is 2. The molecule has 8 nitrogen and oxygen atoms in total. The van der Waals surface area contributed by atoms with Gasteiger partial charge in [-0.1, -0.05) is 0 Å². The molecule has 2 rings (SSSR count). The molecular weight excluding hydrogens is 404 g/mol. The molecule has 162 valence electrons. The molecule has 2 aromatic carbocycles. The quantitative estimate of drug-likeness (QED) is 0.612. The highest BCUT2D eigenvalue weighted by Gasteiger charge is 2.22. The fourth-order valence-corrected chi connectivity index (χ4v) is 2.57. The van der Waals surface area contributed by atoms with E-state index >= 15 is 0 Å². The van der Waals surface area contributed by atoms with Crippen molar-refractivity contribution in [1.29, 1.82) is 0 Å². The van der Waals surface area contributed by atoms with Crippen molar-refractivity contribution >= 4 is 17.6 Å². The highest BCUT2D eigenvalue weighted by atomic mass is 19.3. The molecule has 30 heavy (non-hydrogen) atoms. The SMILES string of the molecule is CCOc1ccc(C(=O)Nc2cc(OC(F)F)c(OC)cc2C(=O)OC)cc1OC. The van der Waals surface area contributed by atoms with Crippen molar-refractivity contribution in [1.82, 2.24) is 0 Å². The van der Waals surface area contributed by atoms with E-state index in [0.717, 1.165) is 19.2 Å². The number of amides is 1.